The highest BCUT2D eigenvalue weighted by Crippen LogP contribution is 2.31. The van der Waals surface area contributed by atoms with Crippen LogP contribution in [0.5, 0.6) is 0 Å². The molecule has 1 aromatic heterocycles. The first-order chi connectivity index (χ1) is 8.89. The summed E-state index contributed by atoms with van der Waals surface area (Å²) < 4.78 is 42.4. The van der Waals surface area contributed by atoms with E-state index in [1.165, 1.54) is 0 Å². The van der Waals surface area contributed by atoms with E-state index in [-0.39, 0.29) is 17.3 Å². The predicted octanol–water partition coefficient (Wildman–Crippen LogP) is 3.36. The Labute approximate surface area is 112 Å². The van der Waals surface area contributed by atoms with Crippen molar-refractivity contribution in [3.8, 4) is 0 Å². The fourth-order valence-corrected chi connectivity index (χ4v) is 2.20. The first-order valence-corrected chi connectivity index (χ1v) is 6.13. The van der Waals surface area contributed by atoms with Crippen molar-refractivity contribution in [1.29, 1.82) is 0 Å². The number of carbonyl (C=O) groups excluding carboxylic acids is 1. The number of rotatable bonds is 2. The molecular weight excluding hydrogens is 283 g/mol. The fraction of sp³-hybridized carbons (Fsp3) is 0.500. The van der Waals surface area contributed by atoms with E-state index in [1.807, 2.05) is 0 Å². The van der Waals surface area contributed by atoms with E-state index < -0.39 is 17.0 Å². The normalized spacial score (nSPS) is 17.5. The fourth-order valence-electron chi connectivity index (χ4n) is 1.96. The van der Waals surface area contributed by atoms with E-state index in [2.05, 4.69) is 4.98 Å². The van der Waals surface area contributed by atoms with Crippen molar-refractivity contribution in [3.05, 3.63) is 28.5 Å². The Morgan fingerprint density at radius 2 is 1.95 bits per heavy atom. The Kier molecular flexibility index (Phi) is 4.10. The van der Waals surface area contributed by atoms with Crippen LogP contribution in [-0.4, -0.2) is 24.0 Å². The summed E-state index contributed by atoms with van der Waals surface area (Å²) in [5.41, 5.74) is -1.05. The maximum atomic E-state index is 12.4. The van der Waals surface area contributed by atoms with Crippen molar-refractivity contribution in [2.24, 2.45) is 5.92 Å². The van der Waals surface area contributed by atoms with E-state index >= 15 is 0 Å². The number of nitrogens with zero attached hydrogens (tertiary/aromatic N) is 1. The van der Waals surface area contributed by atoms with E-state index in [0.29, 0.717) is 26.1 Å². The maximum absolute atomic E-state index is 12.4. The highest BCUT2D eigenvalue weighted by molar-refractivity contribution is 6.32. The summed E-state index contributed by atoms with van der Waals surface area (Å²) in [6.45, 7) is 0.949. The molecule has 1 aliphatic rings. The molecule has 2 rings (SSSR count). The van der Waals surface area contributed by atoms with Gasteiger partial charge in [-0.15, -0.1) is 0 Å². The van der Waals surface area contributed by atoms with Crippen LogP contribution in [0.2, 0.25) is 5.15 Å². The minimum absolute atomic E-state index is 0.0431. The van der Waals surface area contributed by atoms with Crippen LogP contribution in [0.4, 0.5) is 13.2 Å². The van der Waals surface area contributed by atoms with E-state index in [1.54, 1.807) is 0 Å². The Morgan fingerprint density at radius 1 is 1.32 bits per heavy atom. The predicted molar refractivity (Wildman–Crippen MR) is 62.1 cm³/mol. The molecule has 0 spiro atoms. The van der Waals surface area contributed by atoms with Crippen molar-refractivity contribution >= 4 is 17.4 Å². The lowest BCUT2D eigenvalue weighted by atomic mass is 9.91. The summed E-state index contributed by atoms with van der Waals surface area (Å²) in [4.78, 5) is 15.4. The second kappa shape index (κ2) is 5.46. The van der Waals surface area contributed by atoms with Gasteiger partial charge in [-0.3, -0.25) is 4.79 Å². The number of pyridine rings is 1. The zero-order chi connectivity index (χ0) is 14.0. The first-order valence-electron chi connectivity index (χ1n) is 5.75. The minimum atomic E-state index is -4.57. The lowest BCUT2D eigenvalue weighted by Crippen LogP contribution is -2.24. The molecule has 7 heteroatoms. The third-order valence-electron chi connectivity index (χ3n) is 3.00. The number of ether oxygens (including phenoxy) is 1. The van der Waals surface area contributed by atoms with Gasteiger partial charge in [0.25, 0.3) is 0 Å². The largest absolute Gasteiger partial charge is 0.433 e. The van der Waals surface area contributed by atoms with Crippen LogP contribution >= 0.6 is 11.6 Å². The molecule has 1 saturated heterocycles. The van der Waals surface area contributed by atoms with E-state index in [0.717, 1.165) is 12.1 Å². The third-order valence-corrected chi connectivity index (χ3v) is 3.28. The van der Waals surface area contributed by atoms with Crippen molar-refractivity contribution in [2.45, 2.75) is 19.0 Å². The number of alkyl halides is 3. The number of aromatic nitrogens is 1. The number of halogens is 4. The first kappa shape index (κ1) is 14.3. The topological polar surface area (TPSA) is 39.2 Å². The van der Waals surface area contributed by atoms with E-state index in [9.17, 15) is 18.0 Å². The van der Waals surface area contributed by atoms with Gasteiger partial charge in [0.2, 0.25) is 0 Å². The Hall–Kier alpha value is -1.14. The summed E-state index contributed by atoms with van der Waals surface area (Å²) in [7, 11) is 0. The van der Waals surface area contributed by atoms with Gasteiger partial charge < -0.3 is 4.74 Å². The summed E-state index contributed by atoms with van der Waals surface area (Å²) >= 11 is 5.69. The van der Waals surface area contributed by atoms with Crippen LogP contribution in [0.15, 0.2) is 12.1 Å². The summed E-state index contributed by atoms with van der Waals surface area (Å²) in [5, 5.41) is -0.397. The molecule has 1 aliphatic heterocycles. The van der Waals surface area contributed by atoms with Crippen LogP contribution < -0.4 is 0 Å². The maximum Gasteiger partial charge on any atom is 0.433 e. The molecule has 0 amide bonds. The van der Waals surface area contributed by atoms with Gasteiger partial charge in [0, 0.05) is 19.1 Å². The molecule has 19 heavy (non-hydrogen) atoms. The highest BCUT2D eigenvalue weighted by atomic mass is 35.5. The number of ketones is 1. The van der Waals surface area contributed by atoms with Crippen molar-refractivity contribution in [1.82, 2.24) is 4.98 Å². The van der Waals surface area contributed by atoms with Crippen molar-refractivity contribution in [3.63, 3.8) is 0 Å². The van der Waals surface area contributed by atoms with Gasteiger partial charge in [-0.2, -0.15) is 13.2 Å². The van der Waals surface area contributed by atoms with Gasteiger partial charge in [0.1, 0.15) is 10.8 Å². The number of Topliss-reactive ketones (excluding diaryl/α,β-unsaturated/α-hetero) is 1. The van der Waals surface area contributed by atoms with Gasteiger partial charge in [-0.25, -0.2) is 4.98 Å². The Morgan fingerprint density at radius 3 is 2.47 bits per heavy atom. The van der Waals surface area contributed by atoms with Gasteiger partial charge >= 0.3 is 6.18 Å². The Balaban J connectivity index is 2.23. The molecule has 0 saturated carbocycles. The van der Waals surface area contributed by atoms with Gasteiger partial charge in [-0.05, 0) is 25.0 Å². The second-order valence-electron chi connectivity index (χ2n) is 4.28. The molecule has 0 unspecified atom stereocenters. The van der Waals surface area contributed by atoms with Crippen LogP contribution in [0.1, 0.15) is 28.9 Å². The van der Waals surface area contributed by atoms with Gasteiger partial charge in [0.15, 0.2) is 5.78 Å². The Bertz CT molecular complexity index is 484. The summed E-state index contributed by atoms with van der Waals surface area (Å²) in [6, 6.07) is 1.87. The third kappa shape index (κ3) is 3.25. The zero-order valence-electron chi connectivity index (χ0n) is 9.84. The van der Waals surface area contributed by atoms with Crippen molar-refractivity contribution in [2.75, 3.05) is 13.2 Å². The minimum Gasteiger partial charge on any atom is -0.381 e. The lowest BCUT2D eigenvalue weighted by molar-refractivity contribution is -0.141. The van der Waals surface area contributed by atoms with Crippen LogP contribution in [-0.2, 0) is 10.9 Å². The number of hydrogen-bond donors (Lipinski definition) is 0. The molecule has 0 aliphatic carbocycles. The molecule has 0 atom stereocenters. The molecule has 3 nitrogen and oxygen atoms in total. The molecule has 0 bridgehead atoms. The zero-order valence-corrected chi connectivity index (χ0v) is 10.6. The average Bonchev–Trinajstić information content (AvgIpc) is 2.38. The molecule has 104 valence electrons. The number of carbonyl (C=O) groups is 1. The molecule has 0 N–H and O–H groups in total. The average molecular weight is 294 g/mol. The monoisotopic (exact) mass is 293 g/mol. The molecule has 0 aromatic carbocycles. The van der Waals surface area contributed by atoms with E-state index in [4.69, 9.17) is 16.3 Å². The van der Waals surface area contributed by atoms with Crippen molar-refractivity contribution < 1.29 is 22.7 Å². The highest BCUT2D eigenvalue weighted by Gasteiger charge is 2.34. The summed E-state index contributed by atoms with van der Waals surface area (Å²) in [6.07, 6.45) is -3.46. The molecule has 1 fully saturated rings. The molecule has 0 radical (unpaired) electrons. The quantitative estimate of drug-likeness (QED) is 0.620. The second-order valence-corrected chi connectivity index (χ2v) is 4.64. The van der Waals surface area contributed by atoms with Gasteiger partial charge in [0.05, 0.1) is 5.56 Å². The van der Waals surface area contributed by atoms with Crippen LogP contribution in [0, 0.1) is 5.92 Å². The number of hydrogen-bond acceptors (Lipinski definition) is 3. The lowest BCUT2D eigenvalue weighted by Gasteiger charge is -2.21. The summed E-state index contributed by atoms with van der Waals surface area (Å²) in [5.74, 6) is -0.528. The molecule has 2 heterocycles. The van der Waals surface area contributed by atoms with Gasteiger partial charge in [-0.1, -0.05) is 11.6 Å². The smallest absolute Gasteiger partial charge is 0.381 e. The molecule has 1 aromatic rings. The SMILES string of the molecule is O=C(c1ccc(C(F)(F)F)nc1Cl)C1CCOCC1. The standard InChI is InChI=1S/C12H11ClF3NO2/c13-11-8(1-2-9(17-11)12(14,15)16)10(18)7-3-5-19-6-4-7/h1-2,7H,3-6H2. The molecular formula is C12H11ClF3NO2. The van der Waals surface area contributed by atoms with Crippen LogP contribution in [0.25, 0.3) is 0 Å². The van der Waals surface area contributed by atoms with Crippen LogP contribution in [0.3, 0.4) is 0 Å².